The van der Waals surface area contributed by atoms with E-state index in [2.05, 4.69) is 30.9 Å². The number of benzene rings is 1. The van der Waals surface area contributed by atoms with Crippen LogP contribution < -0.4 is 0 Å². The van der Waals surface area contributed by atoms with E-state index in [1.165, 1.54) is 31.2 Å². The van der Waals surface area contributed by atoms with Crippen molar-refractivity contribution in [1.29, 1.82) is 0 Å². The number of hydrogen-bond donors (Lipinski definition) is 0. The molecular weight excluding hydrogens is 246 g/mol. The zero-order chi connectivity index (χ0) is 14.4. The molecule has 0 saturated heterocycles. The second-order valence-electron chi connectivity index (χ2n) is 5.93. The van der Waals surface area contributed by atoms with Gasteiger partial charge in [-0.3, -0.25) is 9.69 Å². The van der Waals surface area contributed by atoms with Crippen LogP contribution in [0.3, 0.4) is 0 Å². The van der Waals surface area contributed by atoms with Gasteiger partial charge < -0.3 is 0 Å². The molecule has 2 rings (SSSR count). The van der Waals surface area contributed by atoms with Gasteiger partial charge in [-0.1, -0.05) is 51.0 Å². The Labute approximate surface area is 123 Å². The largest absolute Gasteiger partial charge is 0.293 e. The van der Waals surface area contributed by atoms with Gasteiger partial charge in [0.1, 0.15) is 0 Å². The van der Waals surface area contributed by atoms with Gasteiger partial charge in [0.15, 0.2) is 5.78 Å². The van der Waals surface area contributed by atoms with Gasteiger partial charge in [-0.05, 0) is 37.8 Å². The molecular formula is C18H27NO. The summed E-state index contributed by atoms with van der Waals surface area (Å²) in [5.74, 6) is 0.274. The summed E-state index contributed by atoms with van der Waals surface area (Å²) in [6.07, 6.45) is 7.18. The molecule has 2 nitrogen and oxygen atoms in total. The molecule has 0 bridgehead atoms. The molecule has 0 amide bonds. The summed E-state index contributed by atoms with van der Waals surface area (Å²) in [5.41, 5.74) is 2.20. The van der Waals surface area contributed by atoms with Crippen LogP contribution in [0.15, 0.2) is 24.3 Å². The summed E-state index contributed by atoms with van der Waals surface area (Å²) in [7, 11) is 0. The first-order valence-corrected chi connectivity index (χ1v) is 8.10. The Morgan fingerprint density at radius 2 is 1.85 bits per heavy atom. The molecule has 1 aliphatic rings. The fourth-order valence-corrected chi connectivity index (χ4v) is 2.61. The Morgan fingerprint density at radius 1 is 1.15 bits per heavy atom. The van der Waals surface area contributed by atoms with Crippen LogP contribution in [-0.4, -0.2) is 29.8 Å². The number of rotatable bonds is 9. The minimum Gasteiger partial charge on any atom is -0.293 e. The van der Waals surface area contributed by atoms with Crippen molar-refractivity contribution in [3.8, 4) is 0 Å². The molecule has 0 aliphatic heterocycles. The van der Waals surface area contributed by atoms with Gasteiger partial charge in [0.2, 0.25) is 0 Å². The molecule has 1 aliphatic carbocycles. The monoisotopic (exact) mass is 273 g/mol. The normalized spacial score (nSPS) is 14.8. The molecule has 0 unspecified atom stereocenters. The molecule has 110 valence electrons. The standard InChI is InChI=1S/C18H27NO/c1-3-5-13-19(17-11-12-17)14-18(20)16-9-7-15(6-4-2)8-10-16/h7-10,17H,3-6,11-14H2,1-2H3. The molecule has 1 aromatic carbocycles. The van der Waals surface area contributed by atoms with Crippen molar-refractivity contribution in [2.24, 2.45) is 0 Å². The van der Waals surface area contributed by atoms with Crippen LogP contribution in [-0.2, 0) is 6.42 Å². The minimum atomic E-state index is 0.274. The zero-order valence-corrected chi connectivity index (χ0v) is 12.9. The third-order valence-electron chi connectivity index (χ3n) is 4.02. The summed E-state index contributed by atoms with van der Waals surface area (Å²) < 4.78 is 0. The van der Waals surface area contributed by atoms with Crippen LogP contribution in [0.5, 0.6) is 0 Å². The van der Waals surface area contributed by atoms with E-state index < -0.39 is 0 Å². The molecule has 0 N–H and O–H groups in total. The maximum atomic E-state index is 12.4. The van der Waals surface area contributed by atoms with E-state index >= 15 is 0 Å². The van der Waals surface area contributed by atoms with E-state index in [4.69, 9.17) is 0 Å². The maximum Gasteiger partial charge on any atom is 0.176 e. The summed E-state index contributed by atoms with van der Waals surface area (Å²) in [6, 6.07) is 8.87. The van der Waals surface area contributed by atoms with Crippen molar-refractivity contribution in [3.05, 3.63) is 35.4 Å². The highest BCUT2D eigenvalue weighted by atomic mass is 16.1. The van der Waals surface area contributed by atoms with Gasteiger partial charge in [-0.2, -0.15) is 0 Å². The molecule has 0 radical (unpaired) electrons. The summed E-state index contributed by atoms with van der Waals surface area (Å²) in [5, 5.41) is 0. The average Bonchev–Trinajstić information content (AvgIpc) is 3.29. The van der Waals surface area contributed by atoms with Gasteiger partial charge in [0.25, 0.3) is 0 Å². The van der Waals surface area contributed by atoms with E-state index in [0.29, 0.717) is 12.6 Å². The van der Waals surface area contributed by atoms with Crippen LogP contribution in [0.25, 0.3) is 0 Å². The van der Waals surface area contributed by atoms with Crippen molar-refractivity contribution in [2.45, 2.75) is 58.4 Å². The Bertz CT molecular complexity index is 420. The SMILES string of the molecule is CCCCN(CC(=O)c1ccc(CCC)cc1)C1CC1. The Kier molecular flexibility index (Phi) is 5.78. The lowest BCUT2D eigenvalue weighted by atomic mass is 10.0. The Morgan fingerprint density at radius 3 is 2.40 bits per heavy atom. The van der Waals surface area contributed by atoms with Crippen LogP contribution in [0.2, 0.25) is 0 Å². The second-order valence-corrected chi connectivity index (χ2v) is 5.93. The molecule has 1 saturated carbocycles. The molecule has 0 aromatic heterocycles. The van der Waals surface area contributed by atoms with E-state index in [0.717, 1.165) is 24.9 Å². The van der Waals surface area contributed by atoms with Gasteiger partial charge in [-0.15, -0.1) is 0 Å². The quantitative estimate of drug-likeness (QED) is 0.632. The summed E-state index contributed by atoms with van der Waals surface area (Å²) in [6.45, 7) is 6.05. The van der Waals surface area contributed by atoms with Gasteiger partial charge in [-0.25, -0.2) is 0 Å². The third kappa shape index (κ3) is 4.45. The number of Topliss-reactive ketones (excluding diaryl/α,β-unsaturated/α-hetero) is 1. The van der Waals surface area contributed by atoms with Crippen molar-refractivity contribution in [2.75, 3.05) is 13.1 Å². The predicted octanol–water partition coefficient (Wildman–Crippen LogP) is 4.09. The fraction of sp³-hybridized carbons (Fsp3) is 0.611. The minimum absolute atomic E-state index is 0.274. The molecule has 0 atom stereocenters. The van der Waals surface area contributed by atoms with E-state index in [1.54, 1.807) is 0 Å². The predicted molar refractivity (Wildman–Crippen MR) is 84.3 cm³/mol. The molecule has 0 spiro atoms. The lowest BCUT2D eigenvalue weighted by Gasteiger charge is -2.20. The number of carbonyl (C=O) groups excluding carboxylic acids is 1. The third-order valence-corrected chi connectivity index (χ3v) is 4.02. The number of unbranched alkanes of at least 4 members (excludes halogenated alkanes) is 1. The Hall–Kier alpha value is -1.15. The number of nitrogens with zero attached hydrogens (tertiary/aromatic N) is 1. The Balaban J connectivity index is 1.91. The molecule has 1 aromatic rings. The van der Waals surface area contributed by atoms with Crippen LogP contribution in [0.1, 0.15) is 61.9 Å². The first-order chi connectivity index (χ1) is 9.74. The van der Waals surface area contributed by atoms with Crippen LogP contribution in [0.4, 0.5) is 0 Å². The van der Waals surface area contributed by atoms with E-state index in [1.807, 2.05) is 12.1 Å². The topological polar surface area (TPSA) is 20.3 Å². The van der Waals surface area contributed by atoms with Crippen molar-refractivity contribution in [1.82, 2.24) is 4.90 Å². The first kappa shape index (κ1) is 15.2. The highest BCUT2D eigenvalue weighted by Crippen LogP contribution is 2.27. The smallest absolute Gasteiger partial charge is 0.176 e. The zero-order valence-electron chi connectivity index (χ0n) is 12.9. The fourth-order valence-electron chi connectivity index (χ4n) is 2.61. The number of hydrogen-bond acceptors (Lipinski definition) is 2. The highest BCUT2D eigenvalue weighted by molar-refractivity contribution is 5.97. The van der Waals surface area contributed by atoms with E-state index in [9.17, 15) is 4.79 Å². The number of aryl methyl sites for hydroxylation is 1. The van der Waals surface area contributed by atoms with Crippen LogP contribution >= 0.6 is 0 Å². The molecule has 20 heavy (non-hydrogen) atoms. The van der Waals surface area contributed by atoms with Crippen molar-refractivity contribution in [3.63, 3.8) is 0 Å². The number of ketones is 1. The van der Waals surface area contributed by atoms with Gasteiger partial charge in [0, 0.05) is 11.6 Å². The molecule has 0 heterocycles. The van der Waals surface area contributed by atoms with Gasteiger partial charge >= 0.3 is 0 Å². The second kappa shape index (κ2) is 7.58. The average molecular weight is 273 g/mol. The van der Waals surface area contributed by atoms with Crippen molar-refractivity contribution >= 4 is 5.78 Å². The van der Waals surface area contributed by atoms with Crippen molar-refractivity contribution < 1.29 is 4.79 Å². The summed E-state index contributed by atoms with van der Waals surface area (Å²) >= 11 is 0. The molecule has 1 fully saturated rings. The van der Waals surface area contributed by atoms with Crippen LogP contribution in [0, 0.1) is 0 Å². The number of carbonyl (C=O) groups is 1. The maximum absolute atomic E-state index is 12.4. The van der Waals surface area contributed by atoms with Gasteiger partial charge in [0.05, 0.1) is 6.54 Å². The highest BCUT2D eigenvalue weighted by Gasteiger charge is 2.29. The summed E-state index contributed by atoms with van der Waals surface area (Å²) in [4.78, 5) is 14.8. The first-order valence-electron chi connectivity index (χ1n) is 8.10. The molecule has 2 heteroatoms. The lowest BCUT2D eigenvalue weighted by molar-refractivity contribution is 0.0923. The van der Waals surface area contributed by atoms with E-state index in [-0.39, 0.29) is 5.78 Å². The lowest BCUT2D eigenvalue weighted by Crippen LogP contribution is -2.32.